The Balaban J connectivity index is 1.86. The highest BCUT2D eigenvalue weighted by atomic mass is 16.6. The van der Waals surface area contributed by atoms with E-state index in [0.29, 0.717) is 13.0 Å². The zero-order chi connectivity index (χ0) is 24.4. The summed E-state index contributed by atoms with van der Waals surface area (Å²) in [5.74, 6) is -0.633. The van der Waals surface area contributed by atoms with E-state index in [-0.39, 0.29) is 43.7 Å². The number of carbonyl (C=O) groups excluding carboxylic acids is 3. The number of likely N-dealkylation sites (tertiary alicyclic amines) is 1. The molecule has 1 unspecified atom stereocenters. The van der Waals surface area contributed by atoms with E-state index in [0.717, 1.165) is 18.4 Å². The third-order valence-electron chi connectivity index (χ3n) is 5.11. The molecule has 8 heteroatoms. The van der Waals surface area contributed by atoms with Gasteiger partial charge in [-0.25, -0.2) is 4.79 Å². The van der Waals surface area contributed by atoms with Gasteiger partial charge in [-0.3, -0.25) is 9.59 Å². The van der Waals surface area contributed by atoms with Crippen LogP contribution < -0.4 is 5.32 Å². The number of carbonyl (C=O) groups is 3. The molecule has 0 bridgehead atoms. The quantitative estimate of drug-likeness (QED) is 0.533. The molecule has 2 rings (SSSR count). The second kappa shape index (κ2) is 12.6. The van der Waals surface area contributed by atoms with E-state index < -0.39 is 17.7 Å². The van der Waals surface area contributed by atoms with Crippen molar-refractivity contribution in [2.24, 2.45) is 5.92 Å². The van der Waals surface area contributed by atoms with Gasteiger partial charge < -0.3 is 24.4 Å². The molecular formula is C25H38N2O6. The number of hydrogen-bond acceptors (Lipinski definition) is 6. The van der Waals surface area contributed by atoms with Crippen molar-refractivity contribution in [1.82, 2.24) is 10.2 Å². The van der Waals surface area contributed by atoms with E-state index in [2.05, 4.69) is 5.32 Å². The zero-order valence-corrected chi connectivity index (χ0v) is 20.5. The maximum Gasteiger partial charge on any atom is 0.410 e. The molecule has 1 N–H and O–H groups in total. The lowest BCUT2D eigenvalue weighted by molar-refractivity contribution is -0.155. The van der Waals surface area contributed by atoms with Crippen LogP contribution in [0.15, 0.2) is 30.3 Å². The summed E-state index contributed by atoms with van der Waals surface area (Å²) in [6.07, 6.45) is 1.06. The molecule has 1 saturated heterocycles. The summed E-state index contributed by atoms with van der Waals surface area (Å²) in [5.41, 5.74) is 0.313. The van der Waals surface area contributed by atoms with Crippen molar-refractivity contribution in [3.63, 3.8) is 0 Å². The molecule has 1 aromatic rings. The van der Waals surface area contributed by atoms with Crippen LogP contribution in [-0.4, -0.2) is 60.3 Å². The van der Waals surface area contributed by atoms with Crippen LogP contribution in [0, 0.1) is 5.92 Å². The van der Waals surface area contributed by atoms with Gasteiger partial charge in [0.05, 0.1) is 12.6 Å². The van der Waals surface area contributed by atoms with E-state index in [4.69, 9.17) is 14.2 Å². The Bertz CT molecular complexity index is 775. The van der Waals surface area contributed by atoms with Gasteiger partial charge in [0.2, 0.25) is 5.91 Å². The number of benzene rings is 1. The minimum Gasteiger partial charge on any atom is -0.459 e. The van der Waals surface area contributed by atoms with Gasteiger partial charge in [-0.15, -0.1) is 0 Å². The number of ether oxygens (including phenoxy) is 3. The average molecular weight is 463 g/mol. The molecule has 1 aromatic carbocycles. The van der Waals surface area contributed by atoms with E-state index in [1.54, 1.807) is 25.7 Å². The normalized spacial score (nSPS) is 17.0. The van der Waals surface area contributed by atoms with Gasteiger partial charge in [-0.2, -0.15) is 0 Å². The summed E-state index contributed by atoms with van der Waals surface area (Å²) in [4.78, 5) is 38.9. The molecule has 0 aliphatic carbocycles. The number of rotatable bonds is 10. The van der Waals surface area contributed by atoms with E-state index in [9.17, 15) is 14.4 Å². The maximum absolute atomic E-state index is 12.7. The number of nitrogens with one attached hydrogen (secondary N) is 1. The van der Waals surface area contributed by atoms with Gasteiger partial charge in [0.15, 0.2) is 0 Å². The summed E-state index contributed by atoms with van der Waals surface area (Å²) in [6, 6.07) is 9.38. The van der Waals surface area contributed by atoms with Crippen LogP contribution in [0.1, 0.15) is 59.4 Å². The first-order valence-corrected chi connectivity index (χ1v) is 11.6. The Morgan fingerprint density at radius 2 is 1.85 bits per heavy atom. The Labute approximate surface area is 196 Å². The van der Waals surface area contributed by atoms with Crippen LogP contribution in [0.3, 0.4) is 0 Å². The first-order valence-electron chi connectivity index (χ1n) is 11.6. The number of hydrogen-bond donors (Lipinski definition) is 1. The third-order valence-corrected chi connectivity index (χ3v) is 5.11. The molecule has 0 aromatic heterocycles. The minimum absolute atomic E-state index is 0.151. The van der Waals surface area contributed by atoms with E-state index >= 15 is 0 Å². The van der Waals surface area contributed by atoms with Crippen LogP contribution in [0.2, 0.25) is 0 Å². The van der Waals surface area contributed by atoms with Crippen LogP contribution in [0.5, 0.6) is 0 Å². The fourth-order valence-electron chi connectivity index (χ4n) is 3.61. The van der Waals surface area contributed by atoms with Crippen molar-refractivity contribution in [1.29, 1.82) is 0 Å². The lowest BCUT2D eigenvalue weighted by Crippen LogP contribution is -2.44. The first-order chi connectivity index (χ1) is 15.5. The molecule has 0 spiro atoms. The number of amides is 2. The Kier molecular flexibility index (Phi) is 10.2. The topological polar surface area (TPSA) is 94.2 Å². The van der Waals surface area contributed by atoms with Crippen molar-refractivity contribution in [3.05, 3.63) is 35.9 Å². The molecule has 2 amide bonds. The van der Waals surface area contributed by atoms with Crippen molar-refractivity contribution >= 4 is 18.0 Å². The smallest absolute Gasteiger partial charge is 0.410 e. The summed E-state index contributed by atoms with van der Waals surface area (Å²) >= 11 is 0. The summed E-state index contributed by atoms with van der Waals surface area (Å²) in [7, 11) is 0. The predicted octanol–water partition coefficient (Wildman–Crippen LogP) is 3.68. The number of nitrogens with zero attached hydrogens (tertiary/aromatic N) is 1. The van der Waals surface area contributed by atoms with Gasteiger partial charge in [-0.1, -0.05) is 44.2 Å². The predicted molar refractivity (Wildman–Crippen MR) is 124 cm³/mol. The molecule has 2 atom stereocenters. The monoisotopic (exact) mass is 462 g/mol. The highest BCUT2D eigenvalue weighted by Crippen LogP contribution is 2.21. The zero-order valence-electron chi connectivity index (χ0n) is 20.5. The highest BCUT2D eigenvalue weighted by Gasteiger charge is 2.32. The Morgan fingerprint density at radius 1 is 1.15 bits per heavy atom. The maximum atomic E-state index is 12.7. The summed E-state index contributed by atoms with van der Waals surface area (Å²) < 4.78 is 16.7. The fourth-order valence-corrected chi connectivity index (χ4v) is 3.61. The van der Waals surface area contributed by atoms with Crippen molar-refractivity contribution in [2.75, 3.05) is 19.7 Å². The molecule has 8 nitrogen and oxygen atoms in total. The largest absolute Gasteiger partial charge is 0.459 e. The van der Waals surface area contributed by atoms with E-state index in [1.807, 2.05) is 44.2 Å². The molecule has 1 heterocycles. The second-order valence-corrected chi connectivity index (χ2v) is 9.79. The molecule has 33 heavy (non-hydrogen) atoms. The minimum atomic E-state index is -0.713. The molecule has 1 aliphatic rings. The summed E-state index contributed by atoms with van der Waals surface area (Å²) in [5, 5.41) is 2.61. The van der Waals surface area contributed by atoms with Crippen LogP contribution in [0.4, 0.5) is 4.79 Å². The average Bonchev–Trinajstić information content (AvgIpc) is 3.21. The number of esters is 1. The van der Waals surface area contributed by atoms with Crippen LogP contribution in [-0.2, 0) is 30.4 Å². The molecule has 1 aliphatic heterocycles. The SMILES string of the molecule is CC(C)CC(OC[C@@H]1CCCN1C(=O)OCc1ccccc1)C(=O)NCC(=O)OC(C)(C)C. The Morgan fingerprint density at radius 3 is 2.48 bits per heavy atom. The van der Waals surface area contributed by atoms with Gasteiger partial charge in [0, 0.05) is 6.54 Å². The van der Waals surface area contributed by atoms with Crippen molar-refractivity contribution in [2.45, 2.75) is 78.2 Å². The van der Waals surface area contributed by atoms with Gasteiger partial charge in [-0.05, 0) is 51.5 Å². The summed E-state index contributed by atoms with van der Waals surface area (Å²) in [6.45, 7) is 10.2. The standard InChI is InChI=1S/C25H38N2O6/c1-18(2)14-21(23(29)26-15-22(28)33-25(3,4)5)31-17-20-12-9-13-27(20)24(30)32-16-19-10-7-6-8-11-19/h6-8,10-11,18,20-21H,9,12-17H2,1-5H3,(H,26,29)/t20-,21?/m0/s1. The van der Waals surface area contributed by atoms with Crippen molar-refractivity contribution < 1.29 is 28.6 Å². The van der Waals surface area contributed by atoms with Crippen molar-refractivity contribution in [3.8, 4) is 0 Å². The second-order valence-electron chi connectivity index (χ2n) is 9.79. The molecule has 1 fully saturated rings. The first kappa shape index (κ1) is 26.6. The Hall–Kier alpha value is -2.61. The van der Waals surface area contributed by atoms with Gasteiger partial charge >= 0.3 is 12.1 Å². The van der Waals surface area contributed by atoms with Crippen LogP contribution >= 0.6 is 0 Å². The lowest BCUT2D eigenvalue weighted by Gasteiger charge is -2.27. The van der Waals surface area contributed by atoms with Gasteiger partial charge in [0.1, 0.15) is 24.9 Å². The highest BCUT2D eigenvalue weighted by molar-refractivity contribution is 5.85. The third kappa shape index (κ3) is 9.82. The molecule has 0 saturated carbocycles. The molecule has 0 radical (unpaired) electrons. The molecular weight excluding hydrogens is 424 g/mol. The van der Waals surface area contributed by atoms with E-state index in [1.165, 1.54) is 0 Å². The fraction of sp³-hybridized carbons (Fsp3) is 0.640. The van der Waals surface area contributed by atoms with Crippen LogP contribution in [0.25, 0.3) is 0 Å². The lowest BCUT2D eigenvalue weighted by atomic mass is 10.1. The van der Waals surface area contributed by atoms with Gasteiger partial charge in [0.25, 0.3) is 0 Å². The molecule has 184 valence electrons.